The molecule has 1 N–H and O–H groups in total. The number of imidazole rings is 1. The zero-order chi connectivity index (χ0) is 28.7. The van der Waals surface area contributed by atoms with E-state index in [1.54, 1.807) is 7.05 Å². The highest BCUT2D eigenvalue weighted by atomic mass is 16.5. The molecule has 1 aliphatic carbocycles. The summed E-state index contributed by atoms with van der Waals surface area (Å²) >= 11 is 0. The minimum absolute atomic E-state index is 0.0132. The second kappa shape index (κ2) is 13.0. The van der Waals surface area contributed by atoms with Gasteiger partial charge in [-0.15, -0.1) is 0 Å². The molecule has 0 unspecified atom stereocenters. The fourth-order valence-corrected chi connectivity index (χ4v) is 5.42. The third kappa shape index (κ3) is 6.20. The Morgan fingerprint density at radius 2 is 1.45 bits per heavy atom. The van der Waals surface area contributed by atoms with Gasteiger partial charge in [-0.25, -0.2) is 4.98 Å². The summed E-state index contributed by atoms with van der Waals surface area (Å²) in [5.41, 5.74) is 5.67. The molecular formula is C34H35N5O3. The minimum Gasteiger partial charge on any atom is -0.471 e. The Morgan fingerprint density at radius 1 is 0.833 bits per heavy atom. The van der Waals surface area contributed by atoms with Gasteiger partial charge in [-0.3, -0.25) is 0 Å². The molecular weight excluding hydrogens is 526 g/mol. The normalized spacial score (nSPS) is 18.4. The standard InChI is InChI=1S/C34H35N5O3/c1-24-28(22-40-19-25-12-6-3-7-13-25)30(41-20-26-14-8-4-9-15-26)18-29(24)39-23-36-31-32(39)37-34(35-2)38-33(31)42-21-27-16-10-5-11-17-27/h3-17,23,28-30H,1,18-22H2,2H3,(H,35,37,38)/t28-,29-,30-/m0/s1. The monoisotopic (exact) mass is 561 g/mol. The van der Waals surface area contributed by atoms with Gasteiger partial charge in [0, 0.05) is 13.0 Å². The van der Waals surface area contributed by atoms with E-state index in [2.05, 4.69) is 45.7 Å². The van der Waals surface area contributed by atoms with Crippen LogP contribution in [0.2, 0.25) is 0 Å². The minimum atomic E-state index is -0.0738. The van der Waals surface area contributed by atoms with Crippen molar-refractivity contribution in [1.29, 1.82) is 0 Å². The fraction of sp³-hybridized carbons (Fsp3) is 0.265. The highest BCUT2D eigenvalue weighted by Crippen LogP contribution is 2.43. The number of aromatic nitrogens is 4. The number of benzene rings is 3. The predicted octanol–water partition coefficient (Wildman–Crippen LogP) is 6.37. The number of nitrogens with zero attached hydrogens (tertiary/aromatic N) is 4. The van der Waals surface area contributed by atoms with Gasteiger partial charge in [0.2, 0.25) is 11.8 Å². The SMILES string of the molecule is C=C1[C@H](COCc2ccccc2)[C@@H](OCc2ccccc2)C[C@@H]1n1cnc2c(OCc3ccccc3)nc(NC)nc21. The van der Waals surface area contributed by atoms with Gasteiger partial charge in [-0.05, 0) is 28.7 Å². The molecule has 2 aromatic heterocycles. The van der Waals surface area contributed by atoms with Crippen LogP contribution in [0.25, 0.3) is 11.2 Å². The molecule has 2 heterocycles. The highest BCUT2D eigenvalue weighted by Gasteiger charge is 2.40. The summed E-state index contributed by atoms with van der Waals surface area (Å²) in [6, 6.07) is 30.4. The summed E-state index contributed by atoms with van der Waals surface area (Å²) in [4.78, 5) is 14.0. The summed E-state index contributed by atoms with van der Waals surface area (Å²) in [5.74, 6) is 0.921. The van der Waals surface area contributed by atoms with Crippen molar-refractivity contribution in [1.82, 2.24) is 19.5 Å². The third-order valence-corrected chi connectivity index (χ3v) is 7.69. The lowest BCUT2D eigenvalue weighted by molar-refractivity contribution is -0.0122. The second-order valence-electron chi connectivity index (χ2n) is 10.5. The summed E-state index contributed by atoms with van der Waals surface area (Å²) in [6.45, 7) is 6.51. The van der Waals surface area contributed by atoms with Crippen LogP contribution in [0.3, 0.4) is 0 Å². The largest absolute Gasteiger partial charge is 0.471 e. The molecule has 1 saturated carbocycles. The first-order valence-electron chi connectivity index (χ1n) is 14.2. The van der Waals surface area contributed by atoms with E-state index in [4.69, 9.17) is 24.2 Å². The van der Waals surface area contributed by atoms with Gasteiger partial charge < -0.3 is 24.1 Å². The first-order chi connectivity index (χ1) is 20.7. The number of hydrogen-bond donors (Lipinski definition) is 1. The van der Waals surface area contributed by atoms with Gasteiger partial charge in [0.05, 0.1) is 38.3 Å². The van der Waals surface area contributed by atoms with Crippen molar-refractivity contribution in [2.75, 3.05) is 19.0 Å². The van der Waals surface area contributed by atoms with E-state index in [-0.39, 0.29) is 18.1 Å². The van der Waals surface area contributed by atoms with Crippen LogP contribution in [-0.4, -0.2) is 39.3 Å². The molecule has 0 spiro atoms. The lowest BCUT2D eigenvalue weighted by atomic mass is 10.0. The number of anilines is 1. The Kier molecular flexibility index (Phi) is 8.54. The molecule has 0 bridgehead atoms. The molecule has 0 aliphatic heterocycles. The molecule has 6 rings (SSSR count). The maximum Gasteiger partial charge on any atom is 0.247 e. The van der Waals surface area contributed by atoms with Crippen LogP contribution in [0.4, 0.5) is 5.95 Å². The smallest absolute Gasteiger partial charge is 0.247 e. The number of ether oxygens (including phenoxy) is 3. The zero-order valence-electron chi connectivity index (χ0n) is 23.7. The van der Waals surface area contributed by atoms with Gasteiger partial charge >= 0.3 is 0 Å². The van der Waals surface area contributed by atoms with E-state index in [0.29, 0.717) is 49.4 Å². The topological polar surface area (TPSA) is 83.3 Å². The van der Waals surface area contributed by atoms with Crippen molar-refractivity contribution >= 4 is 17.1 Å². The van der Waals surface area contributed by atoms with Crippen molar-refractivity contribution in [2.24, 2.45) is 5.92 Å². The van der Waals surface area contributed by atoms with E-state index >= 15 is 0 Å². The number of rotatable bonds is 12. The van der Waals surface area contributed by atoms with E-state index in [1.165, 1.54) is 0 Å². The second-order valence-corrected chi connectivity index (χ2v) is 10.5. The van der Waals surface area contributed by atoms with E-state index in [9.17, 15) is 0 Å². The number of nitrogens with one attached hydrogen (secondary N) is 1. The fourth-order valence-electron chi connectivity index (χ4n) is 5.42. The van der Waals surface area contributed by atoms with Crippen molar-refractivity contribution in [3.05, 3.63) is 126 Å². The molecule has 0 radical (unpaired) electrons. The maximum absolute atomic E-state index is 6.53. The first kappa shape index (κ1) is 27.6. The molecule has 1 aliphatic rings. The molecule has 214 valence electrons. The Morgan fingerprint density at radius 3 is 2.10 bits per heavy atom. The third-order valence-electron chi connectivity index (χ3n) is 7.69. The van der Waals surface area contributed by atoms with Crippen molar-refractivity contribution in [3.8, 4) is 5.88 Å². The Balaban J connectivity index is 1.25. The van der Waals surface area contributed by atoms with Crippen LogP contribution in [0.1, 0.15) is 29.2 Å². The molecule has 5 aromatic rings. The molecule has 3 atom stereocenters. The lowest BCUT2D eigenvalue weighted by Gasteiger charge is -2.21. The van der Waals surface area contributed by atoms with Crippen LogP contribution in [0, 0.1) is 5.92 Å². The van der Waals surface area contributed by atoms with Gasteiger partial charge in [0.1, 0.15) is 6.61 Å². The van der Waals surface area contributed by atoms with Crippen LogP contribution < -0.4 is 10.1 Å². The van der Waals surface area contributed by atoms with Crippen LogP contribution in [0.15, 0.2) is 109 Å². The molecule has 0 saturated heterocycles. The number of hydrogen-bond acceptors (Lipinski definition) is 7. The Labute approximate surface area is 246 Å². The Bertz CT molecular complexity index is 1610. The molecule has 3 aromatic carbocycles. The molecule has 1 fully saturated rings. The van der Waals surface area contributed by atoms with E-state index in [1.807, 2.05) is 73.1 Å². The molecule has 42 heavy (non-hydrogen) atoms. The maximum atomic E-state index is 6.53. The highest BCUT2D eigenvalue weighted by molar-refractivity contribution is 5.78. The zero-order valence-corrected chi connectivity index (χ0v) is 23.7. The van der Waals surface area contributed by atoms with Gasteiger partial charge in [-0.1, -0.05) is 97.6 Å². The number of fused-ring (bicyclic) bond motifs is 1. The average molecular weight is 562 g/mol. The van der Waals surface area contributed by atoms with Crippen molar-refractivity contribution in [3.63, 3.8) is 0 Å². The Hall–Kier alpha value is -4.53. The first-order valence-corrected chi connectivity index (χ1v) is 14.2. The van der Waals surface area contributed by atoms with Gasteiger partial charge in [-0.2, -0.15) is 9.97 Å². The molecule has 8 heteroatoms. The summed E-state index contributed by atoms with van der Waals surface area (Å²) in [6.07, 6.45) is 2.47. The van der Waals surface area contributed by atoms with Gasteiger partial charge in [0.15, 0.2) is 11.2 Å². The van der Waals surface area contributed by atoms with E-state index < -0.39 is 0 Å². The van der Waals surface area contributed by atoms with Crippen LogP contribution in [-0.2, 0) is 29.3 Å². The van der Waals surface area contributed by atoms with Crippen molar-refractivity contribution in [2.45, 2.75) is 38.4 Å². The summed E-state index contributed by atoms with van der Waals surface area (Å²) in [7, 11) is 1.80. The average Bonchev–Trinajstić information content (AvgIpc) is 3.60. The summed E-state index contributed by atoms with van der Waals surface area (Å²) < 4.78 is 21.0. The quantitative estimate of drug-likeness (QED) is 0.177. The van der Waals surface area contributed by atoms with Crippen LogP contribution >= 0.6 is 0 Å². The predicted molar refractivity (Wildman–Crippen MR) is 163 cm³/mol. The molecule has 0 amide bonds. The van der Waals surface area contributed by atoms with Crippen LogP contribution in [0.5, 0.6) is 5.88 Å². The van der Waals surface area contributed by atoms with E-state index in [0.717, 1.165) is 28.7 Å². The molecule has 8 nitrogen and oxygen atoms in total. The van der Waals surface area contributed by atoms with Crippen molar-refractivity contribution < 1.29 is 14.2 Å². The summed E-state index contributed by atoms with van der Waals surface area (Å²) in [5, 5.41) is 3.07. The van der Waals surface area contributed by atoms with Gasteiger partial charge in [0.25, 0.3) is 0 Å². The lowest BCUT2D eigenvalue weighted by Crippen LogP contribution is -2.23.